The molecule has 4 nitrogen and oxygen atoms in total. The minimum Gasteiger partial charge on any atom is -0.316 e. The molecule has 1 saturated heterocycles. The van der Waals surface area contributed by atoms with Gasteiger partial charge in [0.1, 0.15) is 0 Å². The molecular weight excluding hydrogens is 248 g/mol. The molecule has 0 radical (unpaired) electrons. The van der Waals surface area contributed by atoms with E-state index in [1.807, 2.05) is 29.1 Å². The lowest BCUT2D eigenvalue weighted by Gasteiger charge is -2.32. The van der Waals surface area contributed by atoms with Crippen molar-refractivity contribution in [3.63, 3.8) is 0 Å². The Morgan fingerprint density at radius 2 is 2.15 bits per heavy atom. The predicted octanol–water partition coefficient (Wildman–Crippen LogP) is 2.06. The van der Waals surface area contributed by atoms with Gasteiger partial charge in [-0.2, -0.15) is 5.10 Å². The minimum atomic E-state index is 0.632. The van der Waals surface area contributed by atoms with Gasteiger partial charge in [-0.15, -0.1) is 0 Å². The van der Waals surface area contributed by atoms with Crippen LogP contribution in [-0.2, 0) is 6.54 Å². The van der Waals surface area contributed by atoms with Gasteiger partial charge in [-0.1, -0.05) is 18.2 Å². The number of aromatic nitrogens is 2. The summed E-state index contributed by atoms with van der Waals surface area (Å²) < 4.78 is 1.95. The fourth-order valence-corrected chi connectivity index (χ4v) is 2.86. The van der Waals surface area contributed by atoms with Gasteiger partial charge in [0.2, 0.25) is 0 Å². The van der Waals surface area contributed by atoms with Crippen molar-refractivity contribution >= 4 is 0 Å². The van der Waals surface area contributed by atoms with Crippen molar-refractivity contribution in [1.82, 2.24) is 20.0 Å². The Labute approximate surface area is 120 Å². The van der Waals surface area contributed by atoms with Crippen molar-refractivity contribution in [2.75, 3.05) is 20.1 Å². The summed E-state index contributed by atoms with van der Waals surface area (Å²) >= 11 is 0. The standard InChI is InChI=1S/C16H22N4/c1-17-15-6-5-9-19(13-15)11-14-10-18-20(12-14)16-7-3-2-4-8-16/h2-4,7-8,10,12,15,17H,5-6,9,11,13H2,1H3. The molecule has 1 aromatic heterocycles. The molecule has 2 heterocycles. The van der Waals surface area contributed by atoms with E-state index in [9.17, 15) is 0 Å². The molecule has 0 spiro atoms. The Hall–Kier alpha value is -1.65. The Kier molecular flexibility index (Phi) is 4.14. The summed E-state index contributed by atoms with van der Waals surface area (Å²) in [5.41, 5.74) is 2.40. The topological polar surface area (TPSA) is 33.1 Å². The number of rotatable bonds is 4. The molecule has 1 aromatic carbocycles. The van der Waals surface area contributed by atoms with Gasteiger partial charge in [-0.3, -0.25) is 4.90 Å². The van der Waals surface area contributed by atoms with Crippen molar-refractivity contribution < 1.29 is 0 Å². The maximum atomic E-state index is 4.47. The van der Waals surface area contributed by atoms with Crippen LogP contribution in [0, 0.1) is 0 Å². The molecule has 0 amide bonds. The first-order valence-corrected chi connectivity index (χ1v) is 7.34. The summed E-state index contributed by atoms with van der Waals surface area (Å²) in [6, 6.07) is 10.9. The van der Waals surface area contributed by atoms with E-state index >= 15 is 0 Å². The lowest BCUT2D eigenvalue weighted by atomic mass is 10.1. The van der Waals surface area contributed by atoms with Crippen molar-refractivity contribution in [2.45, 2.75) is 25.4 Å². The predicted molar refractivity (Wildman–Crippen MR) is 80.9 cm³/mol. The Morgan fingerprint density at radius 3 is 2.95 bits per heavy atom. The Balaban J connectivity index is 1.65. The lowest BCUT2D eigenvalue weighted by Crippen LogP contribution is -2.43. The van der Waals surface area contributed by atoms with Gasteiger partial charge in [0.15, 0.2) is 0 Å². The molecule has 2 aromatic rings. The summed E-state index contributed by atoms with van der Waals surface area (Å²) in [6.45, 7) is 3.31. The summed E-state index contributed by atoms with van der Waals surface area (Å²) in [6.07, 6.45) is 6.68. The van der Waals surface area contributed by atoms with Crippen LogP contribution >= 0.6 is 0 Å². The Morgan fingerprint density at radius 1 is 1.30 bits per heavy atom. The molecule has 0 bridgehead atoms. The van der Waals surface area contributed by atoms with Gasteiger partial charge in [-0.05, 0) is 38.6 Å². The van der Waals surface area contributed by atoms with Crippen LogP contribution in [-0.4, -0.2) is 40.9 Å². The zero-order valence-corrected chi connectivity index (χ0v) is 12.0. The van der Waals surface area contributed by atoms with Crippen LogP contribution < -0.4 is 5.32 Å². The quantitative estimate of drug-likeness (QED) is 0.923. The second kappa shape index (κ2) is 6.20. The normalized spacial score (nSPS) is 20.1. The highest BCUT2D eigenvalue weighted by molar-refractivity contribution is 5.30. The second-order valence-electron chi connectivity index (χ2n) is 5.49. The zero-order chi connectivity index (χ0) is 13.8. The number of hydrogen-bond acceptors (Lipinski definition) is 3. The molecule has 1 aliphatic heterocycles. The van der Waals surface area contributed by atoms with E-state index in [1.165, 1.54) is 24.9 Å². The highest BCUT2D eigenvalue weighted by Gasteiger charge is 2.18. The fraction of sp³-hybridized carbons (Fsp3) is 0.438. The highest BCUT2D eigenvalue weighted by atomic mass is 15.3. The van der Waals surface area contributed by atoms with E-state index in [0.29, 0.717) is 6.04 Å². The van der Waals surface area contributed by atoms with Crippen LogP contribution in [0.5, 0.6) is 0 Å². The third-order valence-corrected chi connectivity index (χ3v) is 3.98. The zero-order valence-electron chi connectivity index (χ0n) is 12.0. The number of nitrogens with one attached hydrogen (secondary N) is 1. The number of likely N-dealkylation sites (N-methyl/N-ethyl adjacent to an activating group) is 1. The average Bonchev–Trinajstić information content (AvgIpc) is 2.97. The van der Waals surface area contributed by atoms with Crippen LogP contribution in [0.3, 0.4) is 0 Å². The molecule has 0 saturated carbocycles. The van der Waals surface area contributed by atoms with Crippen molar-refractivity contribution in [3.8, 4) is 5.69 Å². The first kappa shape index (κ1) is 13.3. The smallest absolute Gasteiger partial charge is 0.0645 e. The maximum Gasteiger partial charge on any atom is 0.0645 e. The van der Waals surface area contributed by atoms with Crippen molar-refractivity contribution in [2.24, 2.45) is 0 Å². The van der Waals surface area contributed by atoms with Crippen LogP contribution in [0.15, 0.2) is 42.7 Å². The number of piperidine rings is 1. The summed E-state index contributed by atoms with van der Waals surface area (Å²) in [4.78, 5) is 2.51. The van der Waals surface area contributed by atoms with E-state index in [1.54, 1.807) is 0 Å². The molecule has 4 heteroatoms. The first-order chi connectivity index (χ1) is 9.85. The van der Waals surface area contributed by atoms with E-state index in [-0.39, 0.29) is 0 Å². The average molecular weight is 270 g/mol. The molecule has 1 N–H and O–H groups in total. The summed E-state index contributed by atoms with van der Waals surface area (Å²) in [5, 5.41) is 7.85. The first-order valence-electron chi connectivity index (χ1n) is 7.34. The van der Waals surface area contributed by atoms with Gasteiger partial charge in [0, 0.05) is 30.9 Å². The number of hydrogen-bond donors (Lipinski definition) is 1. The van der Waals surface area contributed by atoms with Crippen molar-refractivity contribution in [3.05, 3.63) is 48.3 Å². The monoisotopic (exact) mass is 270 g/mol. The van der Waals surface area contributed by atoms with E-state index < -0.39 is 0 Å². The third-order valence-electron chi connectivity index (χ3n) is 3.98. The van der Waals surface area contributed by atoms with Gasteiger partial charge in [0.25, 0.3) is 0 Å². The molecule has 1 fully saturated rings. The number of para-hydroxylation sites is 1. The SMILES string of the molecule is CNC1CCCN(Cc2cnn(-c3ccccc3)c2)C1. The molecule has 1 atom stereocenters. The van der Waals surface area contributed by atoms with E-state index in [0.717, 1.165) is 18.8 Å². The lowest BCUT2D eigenvalue weighted by molar-refractivity contribution is 0.188. The largest absolute Gasteiger partial charge is 0.316 e. The number of benzene rings is 1. The third kappa shape index (κ3) is 3.08. The highest BCUT2D eigenvalue weighted by Crippen LogP contribution is 2.14. The Bertz CT molecular complexity index is 534. The molecule has 1 aliphatic rings. The van der Waals surface area contributed by atoms with Gasteiger partial charge in [-0.25, -0.2) is 4.68 Å². The summed E-state index contributed by atoms with van der Waals surface area (Å²) in [5.74, 6) is 0. The van der Waals surface area contributed by atoms with Gasteiger partial charge >= 0.3 is 0 Å². The van der Waals surface area contributed by atoms with E-state index in [2.05, 4.69) is 40.7 Å². The summed E-state index contributed by atoms with van der Waals surface area (Å²) in [7, 11) is 2.06. The fourth-order valence-electron chi connectivity index (χ4n) is 2.86. The minimum absolute atomic E-state index is 0.632. The molecular formula is C16H22N4. The van der Waals surface area contributed by atoms with Crippen LogP contribution in [0.1, 0.15) is 18.4 Å². The van der Waals surface area contributed by atoms with Gasteiger partial charge in [0.05, 0.1) is 11.9 Å². The van der Waals surface area contributed by atoms with Crippen LogP contribution in [0.2, 0.25) is 0 Å². The molecule has 1 unspecified atom stereocenters. The van der Waals surface area contributed by atoms with Crippen LogP contribution in [0.25, 0.3) is 5.69 Å². The van der Waals surface area contributed by atoms with E-state index in [4.69, 9.17) is 0 Å². The second-order valence-corrected chi connectivity index (χ2v) is 5.49. The number of likely N-dealkylation sites (tertiary alicyclic amines) is 1. The molecule has 106 valence electrons. The van der Waals surface area contributed by atoms with Crippen molar-refractivity contribution in [1.29, 1.82) is 0 Å². The number of nitrogens with zero attached hydrogens (tertiary/aromatic N) is 3. The molecule has 0 aliphatic carbocycles. The maximum absolute atomic E-state index is 4.47. The molecule has 3 rings (SSSR count). The van der Waals surface area contributed by atoms with Gasteiger partial charge < -0.3 is 5.32 Å². The molecule has 20 heavy (non-hydrogen) atoms. The van der Waals surface area contributed by atoms with Crippen LogP contribution in [0.4, 0.5) is 0 Å².